The lowest BCUT2D eigenvalue weighted by Gasteiger charge is -2.16. The number of rotatable bonds is 8. The van der Waals surface area contributed by atoms with Gasteiger partial charge in [-0.3, -0.25) is 4.79 Å². The molecule has 144 valence electrons. The summed E-state index contributed by atoms with van der Waals surface area (Å²) in [5, 5.41) is 6.57. The van der Waals surface area contributed by atoms with Crippen LogP contribution in [0.4, 0.5) is 0 Å². The minimum absolute atomic E-state index is 0.0461. The summed E-state index contributed by atoms with van der Waals surface area (Å²) in [5.41, 5.74) is 0.643. The average molecular weight is 360 g/mol. The molecule has 2 N–H and O–H groups in total. The zero-order valence-corrected chi connectivity index (χ0v) is 15.7. The molecule has 1 aromatic rings. The summed E-state index contributed by atoms with van der Waals surface area (Å²) < 4.78 is 11.3. The Hall–Kier alpha value is -1.59. The molecule has 1 saturated heterocycles. The van der Waals surface area contributed by atoms with Gasteiger partial charge in [0.25, 0.3) is 5.91 Å². The number of carbonyl (C=O) groups is 1. The molecule has 0 bridgehead atoms. The van der Waals surface area contributed by atoms with E-state index < -0.39 is 0 Å². The van der Waals surface area contributed by atoms with Gasteiger partial charge in [0.05, 0.1) is 6.10 Å². The van der Waals surface area contributed by atoms with Gasteiger partial charge in [-0.05, 0) is 43.9 Å². The van der Waals surface area contributed by atoms with Crippen molar-refractivity contribution in [2.24, 2.45) is 0 Å². The summed E-state index contributed by atoms with van der Waals surface area (Å²) in [6.45, 7) is 2.85. The fraction of sp³-hybridized carbons (Fsp3) is 0.667. The molecule has 1 heterocycles. The molecule has 1 saturated carbocycles. The van der Waals surface area contributed by atoms with E-state index in [-0.39, 0.29) is 12.0 Å². The highest BCUT2D eigenvalue weighted by atomic mass is 16.5. The van der Waals surface area contributed by atoms with Gasteiger partial charge in [-0.1, -0.05) is 31.7 Å². The monoisotopic (exact) mass is 360 g/mol. The lowest BCUT2D eigenvalue weighted by atomic mass is 10.1. The molecular formula is C21H32N2O3. The van der Waals surface area contributed by atoms with Gasteiger partial charge in [0.2, 0.25) is 0 Å². The van der Waals surface area contributed by atoms with Crippen LogP contribution < -0.4 is 15.4 Å². The molecule has 1 aromatic carbocycles. The smallest absolute Gasteiger partial charge is 0.251 e. The molecular weight excluding hydrogens is 328 g/mol. The van der Waals surface area contributed by atoms with Crippen molar-refractivity contribution in [2.75, 3.05) is 26.3 Å². The van der Waals surface area contributed by atoms with Crippen molar-refractivity contribution in [2.45, 2.75) is 63.5 Å². The van der Waals surface area contributed by atoms with E-state index in [9.17, 15) is 4.79 Å². The second kappa shape index (κ2) is 10.5. The van der Waals surface area contributed by atoms with Gasteiger partial charge in [-0.15, -0.1) is 0 Å². The lowest BCUT2D eigenvalue weighted by molar-refractivity contribution is 0.0679. The fourth-order valence-electron chi connectivity index (χ4n) is 3.73. The van der Waals surface area contributed by atoms with Crippen molar-refractivity contribution in [1.82, 2.24) is 10.6 Å². The van der Waals surface area contributed by atoms with Crippen LogP contribution in [0.5, 0.6) is 5.75 Å². The minimum Gasteiger partial charge on any atom is -0.491 e. The molecule has 3 rings (SSSR count). The van der Waals surface area contributed by atoms with Gasteiger partial charge >= 0.3 is 0 Å². The third kappa shape index (κ3) is 6.29. The maximum Gasteiger partial charge on any atom is 0.251 e. The molecule has 1 atom stereocenters. The summed E-state index contributed by atoms with van der Waals surface area (Å²) in [5.74, 6) is 0.681. The fourth-order valence-corrected chi connectivity index (χ4v) is 3.73. The summed E-state index contributed by atoms with van der Waals surface area (Å²) in [4.78, 5) is 12.3. The predicted molar refractivity (Wildman–Crippen MR) is 103 cm³/mol. The third-order valence-corrected chi connectivity index (χ3v) is 5.25. The van der Waals surface area contributed by atoms with Crippen LogP contribution in [-0.2, 0) is 4.74 Å². The Morgan fingerprint density at radius 1 is 1.08 bits per heavy atom. The summed E-state index contributed by atoms with van der Waals surface area (Å²) in [7, 11) is 0. The first-order valence-corrected chi connectivity index (χ1v) is 10.2. The number of amides is 1. The largest absolute Gasteiger partial charge is 0.491 e. The van der Waals surface area contributed by atoms with Crippen molar-refractivity contribution in [1.29, 1.82) is 0 Å². The Balaban J connectivity index is 1.37. The highest BCUT2D eigenvalue weighted by Gasteiger charge is 2.16. The Morgan fingerprint density at radius 2 is 1.92 bits per heavy atom. The van der Waals surface area contributed by atoms with Gasteiger partial charge in [0, 0.05) is 31.3 Å². The third-order valence-electron chi connectivity index (χ3n) is 5.25. The molecule has 1 unspecified atom stereocenters. The van der Waals surface area contributed by atoms with Crippen LogP contribution >= 0.6 is 0 Å². The SMILES string of the molecule is O=C(NCCNC1CCCCCC1)c1cccc(OCC2CCCO2)c1. The van der Waals surface area contributed by atoms with Crippen molar-refractivity contribution in [3.05, 3.63) is 29.8 Å². The molecule has 5 heteroatoms. The molecule has 2 fully saturated rings. The van der Waals surface area contributed by atoms with E-state index in [0.717, 1.165) is 31.7 Å². The molecule has 0 spiro atoms. The van der Waals surface area contributed by atoms with Crippen molar-refractivity contribution < 1.29 is 14.3 Å². The molecule has 1 aliphatic carbocycles. The molecule has 0 aromatic heterocycles. The van der Waals surface area contributed by atoms with E-state index in [4.69, 9.17) is 9.47 Å². The lowest BCUT2D eigenvalue weighted by Crippen LogP contribution is -2.36. The highest BCUT2D eigenvalue weighted by molar-refractivity contribution is 5.94. The molecule has 2 aliphatic rings. The normalized spacial score (nSPS) is 21.3. The number of benzene rings is 1. The van der Waals surface area contributed by atoms with Crippen LogP contribution in [0.25, 0.3) is 0 Å². The number of nitrogens with one attached hydrogen (secondary N) is 2. The van der Waals surface area contributed by atoms with Crippen molar-refractivity contribution in [3.8, 4) is 5.75 Å². The van der Waals surface area contributed by atoms with Crippen molar-refractivity contribution in [3.63, 3.8) is 0 Å². The first-order chi connectivity index (χ1) is 12.8. The van der Waals surface area contributed by atoms with E-state index in [1.165, 1.54) is 38.5 Å². The van der Waals surface area contributed by atoms with Crippen LogP contribution in [0.15, 0.2) is 24.3 Å². The number of hydrogen-bond acceptors (Lipinski definition) is 4. The zero-order chi connectivity index (χ0) is 18.0. The molecule has 1 amide bonds. The van der Waals surface area contributed by atoms with Crippen LogP contribution in [0.1, 0.15) is 61.7 Å². The van der Waals surface area contributed by atoms with Crippen molar-refractivity contribution >= 4 is 5.91 Å². The Bertz CT molecular complexity index is 550. The first-order valence-electron chi connectivity index (χ1n) is 10.2. The molecule has 5 nitrogen and oxygen atoms in total. The number of hydrogen-bond donors (Lipinski definition) is 2. The number of ether oxygens (including phenoxy) is 2. The summed E-state index contributed by atoms with van der Waals surface area (Å²) in [6.07, 6.45) is 10.2. The Kier molecular flexibility index (Phi) is 7.77. The van der Waals surface area contributed by atoms with E-state index in [0.29, 0.717) is 24.8 Å². The Morgan fingerprint density at radius 3 is 2.69 bits per heavy atom. The van der Waals surface area contributed by atoms with Gasteiger partial charge in [0.1, 0.15) is 12.4 Å². The van der Waals surface area contributed by atoms with Gasteiger partial charge in [-0.2, -0.15) is 0 Å². The van der Waals surface area contributed by atoms with Gasteiger partial charge < -0.3 is 20.1 Å². The molecule has 26 heavy (non-hydrogen) atoms. The topological polar surface area (TPSA) is 59.6 Å². The molecule has 1 aliphatic heterocycles. The van der Waals surface area contributed by atoms with Crippen LogP contribution in [0.2, 0.25) is 0 Å². The summed E-state index contributed by atoms with van der Waals surface area (Å²) >= 11 is 0. The Labute approximate surface area is 156 Å². The maximum absolute atomic E-state index is 12.3. The molecule has 0 radical (unpaired) electrons. The van der Waals surface area contributed by atoms with Crippen LogP contribution in [-0.4, -0.2) is 44.4 Å². The van der Waals surface area contributed by atoms with Gasteiger partial charge in [0.15, 0.2) is 0 Å². The first kappa shape index (κ1) is 19.2. The summed E-state index contributed by atoms with van der Waals surface area (Å²) in [6, 6.07) is 8.00. The second-order valence-corrected chi connectivity index (χ2v) is 7.37. The highest BCUT2D eigenvalue weighted by Crippen LogP contribution is 2.18. The van der Waals surface area contributed by atoms with E-state index in [2.05, 4.69) is 10.6 Å². The predicted octanol–water partition coefficient (Wildman–Crippen LogP) is 3.29. The minimum atomic E-state index is -0.0461. The van der Waals surface area contributed by atoms with Crippen LogP contribution in [0, 0.1) is 0 Å². The van der Waals surface area contributed by atoms with Gasteiger partial charge in [-0.25, -0.2) is 0 Å². The van der Waals surface area contributed by atoms with E-state index in [1.807, 2.05) is 24.3 Å². The second-order valence-electron chi connectivity index (χ2n) is 7.37. The van der Waals surface area contributed by atoms with E-state index >= 15 is 0 Å². The number of carbonyl (C=O) groups excluding carboxylic acids is 1. The van der Waals surface area contributed by atoms with Crippen LogP contribution in [0.3, 0.4) is 0 Å². The van der Waals surface area contributed by atoms with E-state index in [1.54, 1.807) is 0 Å². The maximum atomic E-state index is 12.3. The standard InChI is InChI=1S/C21H32N2O3/c24-21(23-13-12-22-18-8-3-1-2-4-9-18)17-7-5-10-19(15-17)26-16-20-11-6-14-25-20/h5,7,10,15,18,20,22H,1-4,6,8-9,11-14,16H2,(H,23,24). The zero-order valence-electron chi connectivity index (χ0n) is 15.7. The quantitative estimate of drug-likeness (QED) is 0.552. The average Bonchev–Trinajstić information content (AvgIpc) is 3.06.